The molecule has 0 saturated carbocycles. The molecule has 0 amide bonds. The van der Waals surface area contributed by atoms with Gasteiger partial charge in [0.1, 0.15) is 5.75 Å². The van der Waals surface area contributed by atoms with Gasteiger partial charge in [0, 0.05) is 19.3 Å². The zero-order chi connectivity index (χ0) is 18.7. The maximum Gasteiger partial charge on any atom is 0.173 e. The number of thiocarbonyl (C=S) groups is 1. The highest BCUT2D eigenvalue weighted by Crippen LogP contribution is 2.22. The van der Waals surface area contributed by atoms with Gasteiger partial charge in [-0.05, 0) is 83.9 Å². The normalized spacial score (nSPS) is 10.6. The van der Waals surface area contributed by atoms with E-state index in [0.29, 0.717) is 5.11 Å². The van der Waals surface area contributed by atoms with Gasteiger partial charge >= 0.3 is 0 Å². The molecule has 0 aliphatic rings. The molecule has 0 saturated heterocycles. The Balaban J connectivity index is 1.70. The third-order valence-corrected chi connectivity index (χ3v) is 5.05. The van der Waals surface area contributed by atoms with Gasteiger partial charge in [0.2, 0.25) is 0 Å². The molecule has 0 atom stereocenters. The number of hydrogen-bond donors (Lipinski definition) is 1. The van der Waals surface area contributed by atoms with Gasteiger partial charge in [-0.1, -0.05) is 24.3 Å². The molecule has 3 aromatic rings. The molecule has 26 heavy (non-hydrogen) atoms. The van der Waals surface area contributed by atoms with Crippen LogP contribution < -0.4 is 10.1 Å². The Hall–Kier alpha value is -2.59. The first-order valence-corrected chi connectivity index (χ1v) is 9.03. The highest BCUT2D eigenvalue weighted by molar-refractivity contribution is 7.80. The minimum Gasteiger partial charge on any atom is -0.497 e. The number of benzene rings is 3. The van der Waals surface area contributed by atoms with Crippen LogP contribution in [0.4, 0.5) is 5.69 Å². The van der Waals surface area contributed by atoms with E-state index in [1.807, 2.05) is 13.1 Å². The average Bonchev–Trinajstić information content (AvgIpc) is 2.64. The minimum absolute atomic E-state index is 0.711. The van der Waals surface area contributed by atoms with Crippen molar-refractivity contribution in [1.82, 2.24) is 4.90 Å². The van der Waals surface area contributed by atoms with Crippen molar-refractivity contribution in [1.29, 1.82) is 0 Å². The van der Waals surface area contributed by atoms with Crippen molar-refractivity contribution in [2.45, 2.75) is 20.4 Å². The average molecular weight is 365 g/mol. The van der Waals surface area contributed by atoms with E-state index in [2.05, 4.69) is 72.6 Å². The van der Waals surface area contributed by atoms with Crippen LogP contribution >= 0.6 is 12.2 Å². The summed E-state index contributed by atoms with van der Waals surface area (Å²) in [5.74, 6) is 0.876. The number of hydrogen-bond acceptors (Lipinski definition) is 2. The molecule has 0 aromatic heterocycles. The SMILES string of the molecule is COc1ccc2cc(CN(C)C(=S)Nc3ccc(C)c(C)c3)ccc2c1. The zero-order valence-electron chi connectivity index (χ0n) is 15.7. The number of methoxy groups -OCH3 is 1. The molecule has 0 heterocycles. The van der Waals surface area contributed by atoms with Crippen LogP contribution in [0.25, 0.3) is 10.8 Å². The number of ether oxygens (including phenoxy) is 1. The molecule has 4 heteroatoms. The molecule has 0 radical (unpaired) electrons. The Bertz CT molecular complexity index is 952. The van der Waals surface area contributed by atoms with Crippen LogP contribution in [0.5, 0.6) is 5.75 Å². The molecular formula is C22H24N2OS. The lowest BCUT2D eigenvalue weighted by molar-refractivity contribution is 0.415. The van der Waals surface area contributed by atoms with Crippen molar-refractivity contribution in [2.24, 2.45) is 0 Å². The molecule has 3 nitrogen and oxygen atoms in total. The van der Waals surface area contributed by atoms with Gasteiger partial charge in [-0.3, -0.25) is 0 Å². The first-order chi connectivity index (χ1) is 12.5. The fourth-order valence-corrected chi connectivity index (χ4v) is 3.06. The smallest absolute Gasteiger partial charge is 0.173 e. The van der Waals surface area contributed by atoms with E-state index >= 15 is 0 Å². The summed E-state index contributed by atoms with van der Waals surface area (Å²) in [7, 11) is 3.70. The first kappa shape index (κ1) is 18.2. The number of nitrogens with zero attached hydrogens (tertiary/aromatic N) is 1. The van der Waals surface area contributed by atoms with Crippen LogP contribution in [0.2, 0.25) is 0 Å². The Kier molecular flexibility index (Phi) is 5.43. The molecule has 0 aliphatic carbocycles. The Morgan fingerprint density at radius 2 is 1.69 bits per heavy atom. The lowest BCUT2D eigenvalue weighted by Gasteiger charge is -2.22. The van der Waals surface area contributed by atoms with Crippen molar-refractivity contribution in [3.8, 4) is 5.75 Å². The van der Waals surface area contributed by atoms with Gasteiger partial charge < -0.3 is 15.0 Å². The van der Waals surface area contributed by atoms with E-state index in [9.17, 15) is 0 Å². The summed E-state index contributed by atoms with van der Waals surface area (Å²) in [6.45, 7) is 4.97. The summed E-state index contributed by atoms with van der Waals surface area (Å²) in [5.41, 5.74) is 4.78. The van der Waals surface area contributed by atoms with Crippen LogP contribution in [0.1, 0.15) is 16.7 Å². The van der Waals surface area contributed by atoms with Crippen molar-refractivity contribution >= 4 is 33.8 Å². The lowest BCUT2D eigenvalue weighted by Crippen LogP contribution is -2.30. The van der Waals surface area contributed by atoms with Gasteiger partial charge in [0.05, 0.1) is 7.11 Å². The predicted octanol–water partition coefficient (Wildman–Crippen LogP) is 5.29. The summed E-state index contributed by atoms with van der Waals surface area (Å²) >= 11 is 5.56. The molecule has 0 bridgehead atoms. The van der Waals surface area contributed by atoms with Crippen molar-refractivity contribution < 1.29 is 4.74 Å². The molecule has 1 N–H and O–H groups in total. The minimum atomic E-state index is 0.711. The highest BCUT2D eigenvalue weighted by atomic mass is 32.1. The molecular weight excluding hydrogens is 340 g/mol. The maximum absolute atomic E-state index is 5.56. The summed E-state index contributed by atoms with van der Waals surface area (Å²) in [6, 6.07) is 18.9. The van der Waals surface area contributed by atoms with Gasteiger partial charge in [0.25, 0.3) is 0 Å². The van der Waals surface area contributed by atoms with E-state index in [-0.39, 0.29) is 0 Å². The second-order valence-electron chi connectivity index (χ2n) is 6.63. The Morgan fingerprint density at radius 1 is 0.962 bits per heavy atom. The molecule has 3 rings (SSSR count). The van der Waals surface area contributed by atoms with Crippen LogP contribution in [-0.4, -0.2) is 24.2 Å². The topological polar surface area (TPSA) is 24.5 Å². The van der Waals surface area contributed by atoms with Crippen molar-refractivity contribution in [3.63, 3.8) is 0 Å². The number of fused-ring (bicyclic) bond motifs is 1. The molecule has 0 fully saturated rings. The van der Waals surface area contributed by atoms with E-state index in [0.717, 1.165) is 18.0 Å². The van der Waals surface area contributed by atoms with E-state index in [1.165, 1.54) is 27.5 Å². The second-order valence-corrected chi connectivity index (χ2v) is 7.02. The largest absolute Gasteiger partial charge is 0.497 e. The third-order valence-electron chi connectivity index (χ3n) is 4.64. The summed E-state index contributed by atoms with van der Waals surface area (Å²) in [4.78, 5) is 2.05. The van der Waals surface area contributed by atoms with Crippen molar-refractivity contribution in [2.75, 3.05) is 19.5 Å². The van der Waals surface area contributed by atoms with Crippen LogP contribution in [-0.2, 0) is 6.54 Å². The fourth-order valence-electron chi connectivity index (χ4n) is 2.88. The van der Waals surface area contributed by atoms with Gasteiger partial charge in [-0.15, -0.1) is 0 Å². The first-order valence-electron chi connectivity index (χ1n) is 8.62. The summed E-state index contributed by atoms with van der Waals surface area (Å²) in [6.07, 6.45) is 0. The van der Waals surface area contributed by atoms with Crippen LogP contribution in [0.3, 0.4) is 0 Å². The van der Waals surface area contributed by atoms with Gasteiger partial charge in [-0.2, -0.15) is 0 Å². The fraction of sp³-hybridized carbons (Fsp3) is 0.227. The van der Waals surface area contributed by atoms with Gasteiger partial charge in [0.15, 0.2) is 5.11 Å². The van der Waals surface area contributed by atoms with Gasteiger partial charge in [-0.25, -0.2) is 0 Å². The number of aryl methyl sites for hydroxylation is 2. The molecule has 0 spiro atoms. The van der Waals surface area contributed by atoms with E-state index in [1.54, 1.807) is 7.11 Å². The van der Waals surface area contributed by atoms with E-state index < -0.39 is 0 Å². The highest BCUT2D eigenvalue weighted by Gasteiger charge is 2.07. The maximum atomic E-state index is 5.56. The monoisotopic (exact) mass is 364 g/mol. The quantitative estimate of drug-likeness (QED) is 0.636. The zero-order valence-corrected chi connectivity index (χ0v) is 16.5. The summed E-state index contributed by atoms with van der Waals surface area (Å²) < 4.78 is 5.29. The molecule has 134 valence electrons. The Labute approximate surface area is 160 Å². The number of rotatable bonds is 4. The second kappa shape index (κ2) is 7.75. The number of anilines is 1. The molecule has 0 unspecified atom stereocenters. The van der Waals surface area contributed by atoms with E-state index in [4.69, 9.17) is 17.0 Å². The lowest BCUT2D eigenvalue weighted by atomic mass is 10.1. The van der Waals surface area contributed by atoms with Crippen molar-refractivity contribution in [3.05, 3.63) is 71.3 Å². The molecule has 0 aliphatic heterocycles. The molecule has 3 aromatic carbocycles. The van der Waals surface area contributed by atoms with Crippen LogP contribution in [0.15, 0.2) is 54.6 Å². The van der Waals surface area contributed by atoms with Crippen LogP contribution in [0, 0.1) is 13.8 Å². The Morgan fingerprint density at radius 3 is 2.42 bits per heavy atom. The standard InChI is InChI=1S/C22H24N2OS/c1-15-5-9-20(11-16(15)2)23-22(26)24(3)14-17-6-7-19-13-21(25-4)10-8-18(19)12-17/h5-13H,14H2,1-4H3,(H,23,26). The summed E-state index contributed by atoms with van der Waals surface area (Å²) in [5, 5.41) is 6.41. The third kappa shape index (κ3) is 4.14. The predicted molar refractivity (Wildman–Crippen MR) is 114 cm³/mol. The number of nitrogens with one attached hydrogen (secondary N) is 1.